The summed E-state index contributed by atoms with van der Waals surface area (Å²) in [6.07, 6.45) is 6.45. The Morgan fingerprint density at radius 2 is 2.10 bits per heavy atom. The van der Waals surface area contributed by atoms with E-state index in [2.05, 4.69) is 0 Å². The molecule has 0 aromatic heterocycles. The molecule has 1 heteroatoms. The minimum atomic E-state index is -0.0894. The number of halogens is 1. The van der Waals surface area contributed by atoms with Gasteiger partial charge in [-0.05, 0) is 43.4 Å². The van der Waals surface area contributed by atoms with Crippen molar-refractivity contribution in [1.82, 2.24) is 0 Å². The molecule has 0 spiro atoms. The van der Waals surface area contributed by atoms with Gasteiger partial charge in [-0.25, -0.2) is 0 Å². The maximum Gasteiger partial charge on any atom is 0.0897 e. The van der Waals surface area contributed by atoms with Gasteiger partial charge in [0.15, 0.2) is 0 Å². The molecule has 0 radical (unpaired) electrons. The molecule has 0 saturated heterocycles. The molecule has 0 heterocycles. The topological polar surface area (TPSA) is 0 Å². The van der Waals surface area contributed by atoms with Crippen molar-refractivity contribution in [3.8, 4) is 0 Å². The summed E-state index contributed by atoms with van der Waals surface area (Å²) in [6, 6.07) is 0. The Balaban J connectivity index is 1.90. The molecule has 2 saturated carbocycles. The number of alkyl halides is 1. The molecule has 0 aromatic carbocycles. The Labute approximate surface area is 61.8 Å². The monoisotopic (exact) mass is 142 g/mol. The van der Waals surface area contributed by atoms with Crippen LogP contribution in [-0.2, 0) is 0 Å². The highest BCUT2D eigenvalue weighted by atomic mass is 19.1. The molecule has 0 nitrogen and oxygen atoms in total. The van der Waals surface area contributed by atoms with Crippen LogP contribution in [0.5, 0.6) is 0 Å². The van der Waals surface area contributed by atoms with Crippen LogP contribution in [0.4, 0.5) is 4.39 Å². The Morgan fingerprint density at radius 1 is 1.20 bits per heavy atom. The Bertz CT molecular complexity index is 122. The third kappa shape index (κ3) is 0.959. The lowest BCUT2D eigenvalue weighted by Crippen LogP contribution is -2.10. The number of hydrogen-bond acceptors (Lipinski definition) is 0. The van der Waals surface area contributed by atoms with Crippen LogP contribution in [0.25, 0.3) is 0 Å². The standard InChI is InChI=1S/C9H15F/c10-4-3-9-6-7-1-2-8(9)5-7/h7-9H,1-6H2. The molecule has 3 atom stereocenters. The van der Waals surface area contributed by atoms with E-state index >= 15 is 0 Å². The van der Waals surface area contributed by atoms with Crippen LogP contribution in [0.2, 0.25) is 0 Å². The fourth-order valence-electron chi connectivity index (χ4n) is 2.87. The maximum atomic E-state index is 12.0. The summed E-state index contributed by atoms with van der Waals surface area (Å²) in [5.41, 5.74) is 0. The molecule has 2 bridgehead atoms. The molecule has 0 aromatic rings. The van der Waals surface area contributed by atoms with Gasteiger partial charge in [0.25, 0.3) is 0 Å². The quantitative estimate of drug-likeness (QED) is 0.556. The second-order valence-electron chi connectivity index (χ2n) is 3.91. The molecule has 10 heavy (non-hydrogen) atoms. The largest absolute Gasteiger partial charge is 0.251 e. The smallest absolute Gasteiger partial charge is 0.0897 e. The van der Waals surface area contributed by atoms with Crippen LogP contribution >= 0.6 is 0 Å². The van der Waals surface area contributed by atoms with Crippen LogP contribution < -0.4 is 0 Å². The fraction of sp³-hybridized carbons (Fsp3) is 1.00. The van der Waals surface area contributed by atoms with Crippen LogP contribution in [-0.4, -0.2) is 6.67 Å². The Morgan fingerprint density at radius 3 is 2.60 bits per heavy atom. The summed E-state index contributed by atoms with van der Waals surface area (Å²) in [5.74, 6) is 2.67. The Hall–Kier alpha value is -0.0700. The van der Waals surface area contributed by atoms with Gasteiger partial charge in [-0.1, -0.05) is 6.42 Å². The first-order valence-corrected chi connectivity index (χ1v) is 4.46. The summed E-state index contributed by atoms with van der Waals surface area (Å²) in [6.45, 7) is -0.0894. The van der Waals surface area contributed by atoms with Crippen molar-refractivity contribution in [2.45, 2.75) is 32.1 Å². The first kappa shape index (κ1) is 6.63. The zero-order chi connectivity index (χ0) is 6.97. The normalized spacial score (nSPS) is 44.7. The van der Waals surface area contributed by atoms with Gasteiger partial charge in [0.2, 0.25) is 0 Å². The summed E-state index contributed by atoms with van der Waals surface area (Å²) in [7, 11) is 0. The van der Waals surface area contributed by atoms with E-state index in [1.54, 1.807) is 0 Å². The van der Waals surface area contributed by atoms with Crippen LogP contribution in [0.3, 0.4) is 0 Å². The predicted octanol–water partition coefficient (Wildman–Crippen LogP) is 2.78. The third-order valence-corrected chi connectivity index (χ3v) is 3.36. The molecular formula is C9H15F. The van der Waals surface area contributed by atoms with Crippen LogP contribution in [0.15, 0.2) is 0 Å². The molecule has 2 rings (SSSR count). The van der Waals surface area contributed by atoms with Gasteiger partial charge in [-0.15, -0.1) is 0 Å². The molecule has 0 aliphatic heterocycles. The highest BCUT2D eigenvalue weighted by molar-refractivity contribution is 4.89. The summed E-state index contributed by atoms with van der Waals surface area (Å²) in [5, 5.41) is 0. The van der Waals surface area contributed by atoms with Crippen molar-refractivity contribution in [2.75, 3.05) is 6.67 Å². The average molecular weight is 142 g/mol. The molecule has 58 valence electrons. The van der Waals surface area contributed by atoms with E-state index in [-0.39, 0.29) is 6.67 Å². The lowest BCUT2D eigenvalue weighted by atomic mass is 9.87. The minimum absolute atomic E-state index is 0.0894. The van der Waals surface area contributed by atoms with E-state index in [4.69, 9.17) is 0 Å². The highest BCUT2D eigenvalue weighted by Crippen LogP contribution is 2.49. The average Bonchev–Trinajstić information content (AvgIpc) is 2.48. The van der Waals surface area contributed by atoms with Gasteiger partial charge < -0.3 is 0 Å². The van der Waals surface area contributed by atoms with Gasteiger partial charge in [0.05, 0.1) is 6.67 Å². The predicted molar refractivity (Wildman–Crippen MR) is 39.5 cm³/mol. The van der Waals surface area contributed by atoms with E-state index in [0.717, 1.165) is 24.2 Å². The summed E-state index contributed by atoms with van der Waals surface area (Å²) in [4.78, 5) is 0. The number of rotatable bonds is 2. The van der Waals surface area contributed by atoms with E-state index in [1.807, 2.05) is 0 Å². The lowest BCUT2D eigenvalue weighted by molar-refractivity contribution is 0.284. The molecule has 3 unspecified atom stereocenters. The van der Waals surface area contributed by atoms with Crippen molar-refractivity contribution in [3.05, 3.63) is 0 Å². The van der Waals surface area contributed by atoms with Crippen LogP contribution in [0.1, 0.15) is 32.1 Å². The van der Waals surface area contributed by atoms with Gasteiger partial charge in [-0.2, -0.15) is 0 Å². The van der Waals surface area contributed by atoms with Gasteiger partial charge in [0.1, 0.15) is 0 Å². The highest BCUT2D eigenvalue weighted by Gasteiger charge is 2.38. The SMILES string of the molecule is FCCC1CC2CCC1C2. The zero-order valence-corrected chi connectivity index (χ0v) is 6.35. The zero-order valence-electron chi connectivity index (χ0n) is 6.35. The molecule has 2 fully saturated rings. The van der Waals surface area contributed by atoms with E-state index in [0.29, 0.717) is 0 Å². The molecule has 2 aliphatic carbocycles. The summed E-state index contributed by atoms with van der Waals surface area (Å²) >= 11 is 0. The second kappa shape index (κ2) is 2.52. The van der Waals surface area contributed by atoms with Gasteiger partial charge >= 0.3 is 0 Å². The fourth-order valence-corrected chi connectivity index (χ4v) is 2.87. The van der Waals surface area contributed by atoms with Crippen LogP contribution in [0, 0.1) is 17.8 Å². The molecule has 2 aliphatic rings. The third-order valence-electron chi connectivity index (χ3n) is 3.36. The van der Waals surface area contributed by atoms with Crippen molar-refractivity contribution < 1.29 is 4.39 Å². The lowest BCUT2D eigenvalue weighted by Gasteiger charge is -2.19. The number of fused-ring (bicyclic) bond motifs is 2. The van der Waals surface area contributed by atoms with Gasteiger partial charge in [0, 0.05) is 0 Å². The van der Waals surface area contributed by atoms with E-state index in [1.165, 1.54) is 25.7 Å². The molecule has 0 N–H and O–H groups in total. The number of hydrogen-bond donors (Lipinski definition) is 0. The van der Waals surface area contributed by atoms with E-state index in [9.17, 15) is 4.39 Å². The first-order chi connectivity index (χ1) is 4.90. The second-order valence-corrected chi connectivity index (χ2v) is 3.91. The van der Waals surface area contributed by atoms with Crippen molar-refractivity contribution in [2.24, 2.45) is 17.8 Å². The molecule has 0 amide bonds. The van der Waals surface area contributed by atoms with Gasteiger partial charge in [-0.3, -0.25) is 4.39 Å². The Kier molecular flexibility index (Phi) is 1.67. The van der Waals surface area contributed by atoms with Crippen molar-refractivity contribution >= 4 is 0 Å². The first-order valence-electron chi connectivity index (χ1n) is 4.46. The van der Waals surface area contributed by atoms with Crippen molar-refractivity contribution in [1.29, 1.82) is 0 Å². The minimum Gasteiger partial charge on any atom is -0.251 e. The molecular weight excluding hydrogens is 127 g/mol. The van der Waals surface area contributed by atoms with Crippen molar-refractivity contribution in [3.63, 3.8) is 0 Å². The summed E-state index contributed by atoms with van der Waals surface area (Å²) < 4.78 is 12.0. The van der Waals surface area contributed by atoms with E-state index < -0.39 is 0 Å². The maximum absolute atomic E-state index is 12.0.